The average molecular weight is 112 g/mol. The normalized spacial score (nSPS) is 20.0. The SMILES string of the molecule is C1CCOC1.[H-].[K+]. The molecule has 0 N–H and O–H groups in total. The third-order valence-corrected chi connectivity index (χ3v) is 0.827. The van der Waals surface area contributed by atoms with Gasteiger partial charge in [-0.05, 0) is 12.8 Å². The van der Waals surface area contributed by atoms with Crippen LogP contribution in [0.3, 0.4) is 0 Å². The minimum Gasteiger partial charge on any atom is -1.00 e. The summed E-state index contributed by atoms with van der Waals surface area (Å²) in [6.45, 7) is 2.00. The summed E-state index contributed by atoms with van der Waals surface area (Å²) in [7, 11) is 0. The molecule has 6 heavy (non-hydrogen) atoms. The smallest absolute Gasteiger partial charge is 1.00 e. The predicted molar refractivity (Wildman–Crippen MR) is 21.2 cm³/mol. The van der Waals surface area contributed by atoms with Gasteiger partial charge in [0.15, 0.2) is 0 Å². The zero-order valence-electron chi connectivity index (χ0n) is 5.24. The van der Waals surface area contributed by atoms with Crippen LogP contribution >= 0.6 is 0 Å². The van der Waals surface area contributed by atoms with Crippen LogP contribution in [-0.2, 0) is 4.74 Å². The van der Waals surface area contributed by atoms with Crippen molar-refractivity contribution in [3.63, 3.8) is 0 Å². The molecule has 1 saturated heterocycles. The van der Waals surface area contributed by atoms with Crippen LogP contribution < -0.4 is 51.4 Å². The van der Waals surface area contributed by atoms with Gasteiger partial charge in [-0.15, -0.1) is 0 Å². The van der Waals surface area contributed by atoms with Crippen molar-refractivity contribution in [2.75, 3.05) is 13.2 Å². The van der Waals surface area contributed by atoms with E-state index < -0.39 is 0 Å². The molecule has 0 aromatic rings. The summed E-state index contributed by atoms with van der Waals surface area (Å²) < 4.78 is 4.94. The Hall–Kier alpha value is 1.60. The minimum absolute atomic E-state index is 0. The second-order valence-electron chi connectivity index (χ2n) is 1.32. The van der Waals surface area contributed by atoms with E-state index >= 15 is 0 Å². The van der Waals surface area contributed by atoms with E-state index in [4.69, 9.17) is 4.74 Å². The summed E-state index contributed by atoms with van der Waals surface area (Å²) in [5.41, 5.74) is 0. The Labute approximate surface area is 82.3 Å². The van der Waals surface area contributed by atoms with Gasteiger partial charge in [-0.1, -0.05) is 0 Å². The predicted octanol–water partition coefficient (Wildman–Crippen LogP) is -2.09. The average Bonchev–Trinajstić information content (AvgIpc) is 1.76. The first-order chi connectivity index (χ1) is 2.50. The first-order valence-corrected chi connectivity index (χ1v) is 2.08. The van der Waals surface area contributed by atoms with Crippen molar-refractivity contribution in [3.05, 3.63) is 0 Å². The van der Waals surface area contributed by atoms with E-state index in [1.54, 1.807) is 0 Å². The molecular weight excluding hydrogens is 103 g/mol. The van der Waals surface area contributed by atoms with E-state index in [-0.39, 0.29) is 52.8 Å². The van der Waals surface area contributed by atoms with Gasteiger partial charge in [0.25, 0.3) is 0 Å². The molecule has 0 amide bonds. The fraction of sp³-hybridized carbons (Fsp3) is 1.00. The van der Waals surface area contributed by atoms with Crippen molar-refractivity contribution < 1.29 is 57.5 Å². The second kappa shape index (κ2) is 4.75. The topological polar surface area (TPSA) is 9.23 Å². The van der Waals surface area contributed by atoms with Gasteiger partial charge in [0, 0.05) is 13.2 Å². The molecule has 0 radical (unpaired) electrons. The van der Waals surface area contributed by atoms with Crippen LogP contribution in [0.15, 0.2) is 0 Å². The van der Waals surface area contributed by atoms with Crippen LogP contribution in [0.2, 0.25) is 0 Å². The van der Waals surface area contributed by atoms with Gasteiger partial charge >= 0.3 is 51.4 Å². The summed E-state index contributed by atoms with van der Waals surface area (Å²) in [5, 5.41) is 0. The van der Waals surface area contributed by atoms with Crippen molar-refractivity contribution in [2.45, 2.75) is 12.8 Å². The maximum Gasteiger partial charge on any atom is 1.00 e. The Kier molecular flexibility index (Phi) is 6.01. The van der Waals surface area contributed by atoms with Crippen molar-refractivity contribution >= 4 is 0 Å². The Morgan fingerprint density at radius 3 is 1.83 bits per heavy atom. The Bertz CT molecular complexity index is 23.3. The standard InChI is InChI=1S/C4H8O.K.H/c1-2-4-5-3-1;;/h1-4H2;;/q;+1;-1. The first-order valence-electron chi connectivity index (χ1n) is 2.08. The zero-order valence-corrected chi connectivity index (χ0v) is 7.36. The molecule has 0 aromatic heterocycles. The first kappa shape index (κ1) is 7.60. The molecule has 2 heteroatoms. The summed E-state index contributed by atoms with van der Waals surface area (Å²) in [4.78, 5) is 0. The molecule has 0 unspecified atom stereocenters. The molecule has 1 heterocycles. The van der Waals surface area contributed by atoms with E-state index in [9.17, 15) is 0 Å². The largest absolute Gasteiger partial charge is 1.00 e. The molecule has 1 aliphatic heterocycles. The van der Waals surface area contributed by atoms with Crippen LogP contribution in [0.25, 0.3) is 0 Å². The quantitative estimate of drug-likeness (QED) is 0.327. The Balaban J connectivity index is 0. The molecule has 32 valence electrons. The van der Waals surface area contributed by atoms with Crippen LogP contribution in [0.5, 0.6) is 0 Å². The van der Waals surface area contributed by atoms with Crippen LogP contribution in [0.1, 0.15) is 14.3 Å². The molecule has 0 aliphatic carbocycles. The van der Waals surface area contributed by atoms with Crippen LogP contribution in [-0.4, -0.2) is 13.2 Å². The van der Waals surface area contributed by atoms with Crippen molar-refractivity contribution in [1.29, 1.82) is 0 Å². The third-order valence-electron chi connectivity index (χ3n) is 0.827. The molecule has 0 saturated carbocycles. The summed E-state index contributed by atoms with van der Waals surface area (Å²) >= 11 is 0. The van der Waals surface area contributed by atoms with Gasteiger partial charge in [-0.3, -0.25) is 0 Å². The Morgan fingerprint density at radius 2 is 1.67 bits per heavy atom. The van der Waals surface area contributed by atoms with Gasteiger partial charge in [-0.25, -0.2) is 0 Å². The van der Waals surface area contributed by atoms with Crippen LogP contribution in [0, 0.1) is 0 Å². The fourth-order valence-corrected chi connectivity index (χ4v) is 0.510. The number of ether oxygens (including phenoxy) is 1. The van der Waals surface area contributed by atoms with Crippen molar-refractivity contribution in [2.24, 2.45) is 0 Å². The monoisotopic (exact) mass is 112 g/mol. The van der Waals surface area contributed by atoms with Gasteiger partial charge in [-0.2, -0.15) is 0 Å². The number of hydrogen-bond donors (Lipinski definition) is 0. The van der Waals surface area contributed by atoms with E-state index in [1.165, 1.54) is 12.8 Å². The van der Waals surface area contributed by atoms with Gasteiger partial charge in [0.1, 0.15) is 0 Å². The second-order valence-corrected chi connectivity index (χ2v) is 1.32. The molecule has 0 spiro atoms. The van der Waals surface area contributed by atoms with Gasteiger partial charge < -0.3 is 6.16 Å². The van der Waals surface area contributed by atoms with E-state index in [0.29, 0.717) is 0 Å². The van der Waals surface area contributed by atoms with Gasteiger partial charge in [0.2, 0.25) is 0 Å². The summed E-state index contributed by atoms with van der Waals surface area (Å²) in [6, 6.07) is 0. The molecule has 1 aliphatic rings. The number of hydrogen-bond acceptors (Lipinski definition) is 1. The number of rotatable bonds is 0. The molecule has 0 atom stereocenters. The molecule has 1 nitrogen and oxygen atoms in total. The zero-order chi connectivity index (χ0) is 3.54. The molecule has 1 rings (SSSR count). The third kappa shape index (κ3) is 2.72. The molecule has 0 bridgehead atoms. The van der Waals surface area contributed by atoms with E-state index in [1.807, 2.05) is 0 Å². The molecule has 1 fully saturated rings. The van der Waals surface area contributed by atoms with E-state index in [2.05, 4.69) is 0 Å². The molecule has 0 aromatic carbocycles. The van der Waals surface area contributed by atoms with Crippen molar-refractivity contribution in [1.82, 2.24) is 0 Å². The van der Waals surface area contributed by atoms with Crippen LogP contribution in [0.4, 0.5) is 0 Å². The fourth-order valence-electron chi connectivity index (χ4n) is 0.510. The maximum absolute atomic E-state index is 4.94. The summed E-state index contributed by atoms with van der Waals surface area (Å²) in [5.74, 6) is 0. The Morgan fingerprint density at radius 1 is 1.17 bits per heavy atom. The maximum atomic E-state index is 4.94. The van der Waals surface area contributed by atoms with Crippen molar-refractivity contribution in [3.8, 4) is 0 Å². The minimum atomic E-state index is 0. The van der Waals surface area contributed by atoms with E-state index in [0.717, 1.165) is 13.2 Å². The van der Waals surface area contributed by atoms with Gasteiger partial charge in [0.05, 0.1) is 0 Å². The summed E-state index contributed by atoms with van der Waals surface area (Å²) in [6.07, 6.45) is 2.56. The molecular formula is C4H9KO.